The highest BCUT2D eigenvalue weighted by Crippen LogP contribution is 2.27. The molecule has 1 atom stereocenters. The van der Waals surface area contributed by atoms with Crippen LogP contribution in [0.3, 0.4) is 0 Å². The zero-order chi connectivity index (χ0) is 20.1. The number of carbonyl (C=O) groups excluding carboxylic acids is 1. The molecule has 1 N–H and O–H groups in total. The predicted molar refractivity (Wildman–Crippen MR) is 108 cm³/mol. The number of nitrogens with one attached hydrogen (secondary N) is 1. The second-order valence-corrected chi connectivity index (χ2v) is 6.90. The monoisotopic (exact) mass is 382 g/mol. The summed E-state index contributed by atoms with van der Waals surface area (Å²) < 4.78 is 12.2. The summed E-state index contributed by atoms with van der Waals surface area (Å²) in [5, 5.41) is 2.94. The summed E-state index contributed by atoms with van der Waals surface area (Å²) in [5.74, 6) is 1.01. The third-order valence-corrected chi connectivity index (χ3v) is 5.02. The summed E-state index contributed by atoms with van der Waals surface area (Å²) in [6, 6.07) is 7.51. The molecule has 1 aromatic heterocycles. The number of methoxy groups -OCH3 is 2. The van der Waals surface area contributed by atoms with Gasteiger partial charge in [-0.05, 0) is 55.5 Å². The van der Waals surface area contributed by atoms with Gasteiger partial charge in [-0.1, -0.05) is 18.2 Å². The van der Waals surface area contributed by atoms with Gasteiger partial charge in [0.2, 0.25) is 0 Å². The topological polar surface area (TPSA) is 69.6 Å². The maximum atomic E-state index is 12.9. The number of ether oxygens (including phenoxy) is 2. The molecule has 0 bridgehead atoms. The molecule has 6 nitrogen and oxygen atoms in total. The number of rotatable bonds is 7. The summed E-state index contributed by atoms with van der Waals surface area (Å²) in [7, 11) is 3.19. The molecule has 0 aliphatic heterocycles. The van der Waals surface area contributed by atoms with Crippen LogP contribution in [0.5, 0.6) is 11.5 Å². The molecule has 0 fully saturated rings. The number of hydrogen-bond acceptors (Lipinski definition) is 4. The average Bonchev–Trinajstić information content (AvgIpc) is 3.20. The molecule has 1 aliphatic carbocycles. The Hall–Kier alpha value is -3.02. The van der Waals surface area contributed by atoms with Crippen molar-refractivity contribution in [3.63, 3.8) is 0 Å². The predicted octanol–water partition coefficient (Wildman–Crippen LogP) is 2.87. The molecule has 1 amide bonds. The van der Waals surface area contributed by atoms with E-state index in [0.717, 1.165) is 18.4 Å². The van der Waals surface area contributed by atoms with E-state index in [4.69, 9.17) is 9.47 Å². The Bertz CT molecular complexity index is 946. The van der Waals surface area contributed by atoms with Crippen LogP contribution in [0.4, 0.5) is 0 Å². The smallest absolute Gasteiger partial charge is 0.263 e. The van der Waals surface area contributed by atoms with Crippen LogP contribution >= 0.6 is 0 Å². The Morgan fingerprint density at radius 3 is 2.68 bits per heavy atom. The molecular formula is C22H26N2O4. The first-order valence-electron chi connectivity index (χ1n) is 9.42. The molecular weight excluding hydrogens is 356 g/mol. The lowest BCUT2D eigenvalue weighted by atomic mass is 10.1. The van der Waals surface area contributed by atoms with E-state index >= 15 is 0 Å². The number of nitrogens with zero attached hydrogens (tertiary/aromatic N) is 1. The molecule has 3 rings (SSSR count). The molecule has 0 saturated carbocycles. The number of pyridine rings is 1. The maximum Gasteiger partial charge on any atom is 0.263 e. The van der Waals surface area contributed by atoms with E-state index in [-0.39, 0.29) is 23.1 Å². The van der Waals surface area contributed by atoms with Crippen molar-refractivity contribution in [1.29, 1.82) is 0 Å². The van der Waals surface area contributed by atoms with Crippen molar-refractivity contribution in [3.8, 4) is 11.5 Å². The van der Waals surface area contributed by atoms with E-state index in [1.807, 2.05) is 36.4 Å². The first-order valence-corrected chi connectivity index (χ1v) is 9.42. The highest BCUT2D eigenvalue weighted by atomic mass is 16.5. The summed E-state index contributed by atoms with van der Waals surface area (Å²) >= 11 is 0. The molecule has 1 heterocycles. The van der Waals surface area contributed by atoms with E-state index in [0.29, 0.717) is 30.0 Å². The van der Waals surface area contributed by atoms with Gasteiger partial charge >= 0.3 is 0 Å². The standard InChI is InChI=1S/C22H26N2O4/c1-15-10-12-24(13-11-16-8-9-18(27-2)19(14-16)28-3)22(26)20(15)21(25)23-17-6-4-5-7-17/h4,6,8-10,12,14,17H,5,7,11,13H2,1-3H3,(H,23,25). The van der Waals surface area contributed by atoms with Gasteiger partial charge in [0, 0.05) is 18.8 Å². The summed E-state index contributed by atoms with van der Waals surface area (Å²) in [6.07, 6.45) is 8.23. The van der Waals surface area contributed by atoms with Gasteiger partial charge in [-0.2, -0.15) is 0 Å². The van der Waals surface area contributed by atoms with Crippen LogP contribution in [-0.4, -0.2) is 30.7 Å². The van der Waals surface area contributed by atoms with Gasteiger partial charge in [0.15, 0.2) is 11.5 Å². The molecule has 0 radical (unpaired) electrons. The summed E-state index contributed by atoms with van der Waals surface area (Å²) in [5.41, 5.74) is 1.66. The van der Waals surface area contributed by atoms with E-state index in [2.05, 4.69) is 5.32 Å². The number of amides is 1. The third-order valence-electron chi connectivity index (χ3n) is 5.02. The zero-order valence-electron chi connectivity index (χ0n) is 16.5. The van der Waals surface area contributed by atoms with Gasteiger partial charge in [0.1, 0.15) is 5.56 Å². The number of carbonyl (C=O) groups is 1. The van der Waals surface area contributed by atoms with Crippen LogP contribution in [0, 0.1) is 6.92 Å². The quantitative estimate of drug-likeness (QED) is 0.748. The lowest BCUT2D eigenvalue weighted by Gasteiger charge is -2.14. The van der Waals surface area contributed by atoms with Gasteiger partial charge in [0.05, 0.1) is 14.2 Å². The van der Waals surface area contributed by atoms with Gasteiger partial charge < -0.3 is 19.4 Å². The molecule has 1 unspecified atom stereocenters. The molecule has 6 heteroatoms. The van der Waals surface area contributed by atoms with Crippen LogP contribution in [0.2, 0.25) is 0 Å². The van der Waals surface area contributed by atoms with Crippen LogP contribution in [0.15, 0.2) is 47.4 Å². The van der Waals surface area contributed by atoms with Gasteiger partial charge in [-0.3, -0.25) is 9.59 Å². The van der Waals surface area contributed by atoms with Crippen LogP contribution in [0.25, 0.3) is 0 Å². The van der Waals surface area contributed by atoms with E-state index in [1.165, 1.54) is 0 Å². The van der Waals surface area contributed by atoms with Crippen LogP contribution in [-0.2, 0) is 13.0 Å². The molecule has 2 aromatic rings. The Balaban J connectivity index is 1.77. The number of aromatic nitrogens is 1. The molecule has 0 spiro atoms. The van der Waals surface area contributed by atoms with Crippen LogP contribution in [0.1, 0.15) is 34.3 Å². The van der Waals surface area contributed by atoms with Crippen molar-refractivity contribution < 1.29 is 14.3 Å². The molecule has 0 saturated heterocycles. The Morgan fingerprint density at radius 1 is 1.21 bits per heavy atom. The fourth-order valence-electron chi connectivity index (χ4n) is 3.40. The second-order valence-electron chi connectivity index (χ2n) is 6.90. The van der Waals surface area contributed by atoms with Gasteiger partial charge in [0.25, 0.3) is 11.5 Å². The van der Waals surface area contributed by atoms with Crippen molar-refractivity contribution in [2.24, 2.45) is 0 Å². The Morgan fingerprint density at radius 2 is 2.00 bits per heavy atom. The minimum atomic E-state index is -0.306. The largest absolute Gasteiger partial charge is 0.493 e. The van der Waals surface area contributed by atoms with Gasteiger partial charge in [-0.25, -0.2) is 0 Å². The van der Waals surface area contributed by atoms with Gasteiger partial charge in [-0.15, -0.1) is 0 Å². The number of aryl methyl sites for hydroxylation is 3. The maximum absolute atomic E-state index is 12.9. The third kappa shape index (κ3) is 4.27. The van der Waals surface area contributed by atoms with E-state index < -0.39 is 0 Å². The highest BCUT2D eigenvalue weighted by Gasteiger charge is 2.19. The highest BCUT2D eigenvalue weighted by molar-refractivity contribution is 5.95. The molecule has 148 valence electrons. The number of hydrogen-bond donors (Lipinski definition) is 1. The number of benzene rings is 1. The first kappa shape index (κ1) is 19.7. The average molecular weight is 382 g/mol. The SMILES string of the molecule is COc1ccc(CCn2ccc(C)c(C(=O)NC3C=CCC3)c2=O)cc1OC. The normalized spacial score (nSPS) is 15.5. The van der Waals surface area contributed by atoms with Crippen molar-refractivity contribution in [1.82, 2.24) is 9.88 Å². The lowest BCUT2D eigenvalue weighted by Crippen LogP contribution is -2.38. The second kappa shape index (κ2) is 8.78. The minimum absolute atomic E-state index is 0.00622. The zero-order valence-corrected chi connectivity index (χ0v) is 16.5. The van der Waals surface area contributed by atoms with Crippen molar-refractivity contribution in [2.45, 2.75) is 38.8 Å². The first-order chi connectivity index (χ1) is 13.5. The lowest BCUT2D eigenvalue weighted by molar-refractivity contribution is 0.0941. The minimum Gasteiger partial charge on any atom is -0.493 e. The number of allylic oxidation sites excluding steroid dienone is 1. The molecule has 1 aromatic carbocycles. The van der Waals surface area contributed by atoms with E-state index in [1.54, 1.807) is 31.9 Å². The fourth-order valence-corrected chi connectivity index (χ4v) is 3.40. The van der Waals surface area contributed by atoms with Crippen molar-refractivity contribution in [2.75, 3.05) is 14.2 Å². The summed E-state index contributed by atoms with van der Waals surface area (Å²) in [4.78, 5) is 25.5. The Kier molecular flexibility index (Phi) is 6.19. The Labute approximate surface area is 164 Å². The fraction of sp³-hybridized carbons (Fsp3) is 0.364. The van der Waals surface area contributed by atoms with Crippen molar-refractivity contribution in [3.05, 3.63) is 69.7 Å². The van der Waals surface area contributed by atoms with Crippen LogP contribution < -0.4 is 20.3 Å². The van der Waals surface area contributed by atoms with Crippen molar-refractivity contribution >= 4 is 5.91 Å². The molecule has 28 heavy (non-hydrogen) atoms. The molecule has 1 aliphatic rings. The summed E-state index contributed by atoms with van der Waals surface area (Å²) in [6.45, 7) is 2.26. The van der Waals surface area contributed by atoms with E-state index in [9.17, 15) is 9.59 Å².